The lowest BCUT2D eigenvalue weighted by atomic mass is 10.3. The SMILES string of the molecule is CNCc1cccnc1Sc1ccccc1. The van der Waals surface area contributed by atoms with Crippen molar-refractivity contribution in [2.45, 2.75) is 16.5 Å². The Labute approximate surface area is 100 Å². The summed E-state index contributed by atoms with van der Waals surface area (Å²) in [5.74, 6) is 0. The fourth-order valence-electron chi connectivity index (χ4n) is 1.44. The normalized spacial score (nSPS) is 10.3. The second-order valence-electron chi connectivity index (χ2n) is 3.41. The van der Waals surface area contributed by atoms with E-state index in [-0.39, 0.29) is 0 Å². The van der Waals surface area contributed by atoms with Gasteiger partial charge in [-0.3, -0.25) is 0 Å². The van der Waals surface area contributed by atoms with Crippen LogP contribution in [0.1, 0.15) is 5.56 Å². The Hall–Kier alpha value is -1.32. The Morgan fingerprint density at radius 2 is 1.94 bits per heavy atom. The van der Waals surface area contributed by atoms with Crippen molar-refractivity contribution in [2.24, 2.45) is 0 Å². The summed E-state index contributed by atoms with van der Waals surface area (Å²) in [6, 6.07) is 14.4. The van der Waals surface area contributed by atoms with Crippen molar-refractivity contribution < 1.29 is 0 Å². The van der Waals surface area contributed by atoms with Gasteiger partial charge >= 0.3 is 0 Å². The topological polar surface area (TPSA) is 24.9 Å². The monoisotopic (exact) mass is 230 g/mol. The highest BCUT2D eigenvalue weighted by molar-refractivity contribution is 7.99. The van der Waals surface area contributed by atoms with Gasteiger partial charge in [0.25, 0.3) is 0 Å². The molecule has 0 fully saturated rings. The second-order valence-corrected chi connectivity index (χ2v) is 4.48. The molecule has 0 bridgehead atoms. The van der Waals surface area contributed by atoms with Crippen LogP contribution in [-0.4, -0.2) is 12.0 Å². The van der Waals surface area contributed by atoms with Crippen LogP contribution in [0.3, 0.4) is 0 Å². The van der Waals surface area contributed by atoms with Crippen molar-refractivity contribution >= 4 is 11.8 Å². The molecule has 2 nitrogen and oxygen atoms in total. The van der Waals surface area contributed by atoms with E-state index in [0.717, 1.165) is 11.6 Å². The van der Waals surface area contributed by atoms with E-state index in [0.29, 0.717) is 0 Å². The van der Waals surface area contributed by atoms with E-state index >= 15 is 0 Å². The van der Waals surface area contributed by atoms with Crippen LogP contribution >= 0.6 is 11.8 Å². The highest BCUT2D eigenvalue weighted by Crippen LogP contribution is 2.27. The highest BCUT2D eigenvalue weighted by atomic mass is 32.2. The quantitative estimate of drug-likeness (QED) is 0.874. The zero-order valence-corrected chi connectivity index (χ0v) is 10.00. The van der Waals surface area contributed by atoms with Crippen LogP contribution in [0, 0.1) is 0 Å². The average molecular weight is 230 g/mol. The number of hydrogen-bond donors (Lipinski definition) is 1. The van der Waals surface area contributed by atoms with E-state index in [1.165, 1.54) is 10.5 Å². The van der Waals surface area contributed by atoms with E-state index in [9.17, 15) is 0 Å². The Bertz CT molecular complexity index is 443. The standard InChI is InChI=1S/C13H14N2S/c1-14-10-11-6-5-9-15-13(11)16-12-7-3-2-4-8-12/h2-9,14H,10H2,1H3. The van der Waals surface area contributed by atoms with Gasteiger partial charge < -0.3 is 5.32 Å². The van der Waals surface area contributed by atoms with Gasteiger partial charge in [0.2, 0.25) is 0 Å². The van der Waals surface area contributed by atoms with Gasteiger partial charge in [0.1, 0.15) is 5.03 Å². The summed E-state index contributed by atoms with van der Waals surface area (Å²) in [4.78, 5) is 5.64. The molecule has 16 heavy (non-hydrogen) atoms. The molecule has 0 aliphatic rings. The summed E-state index contributed by atoms with van der Waals surface area (Å²) in [5.41, 5.74) is 1.24. The first-order chi connectivity index (χ1) is 7.90. The Morgan fingerprint density at radius 3 is 2.69 bits per heavy atom. The van der Waals surface area contributed by atoms with Crippen LogP contribution in [0.4, 0.5) is 0 Å². The maximum Gasteiger partial charge on any atom is 0.105 e. The largest absolute Gasteiger partial charge is 0.316 e. The van der Waals surface area contributed by atoms with Gasteiger partial charge in [-0.25, -0.2) is 4.98 Å². The molecule has 0 spiro atoms. The first kappa shape index (κ1) is 11.2. The number of hydrogen-bond acceptors (Lipinski definition) is 3. The number of pyridine rings is 1. The smallest absolute Gasteiger partial charge is 0.105 e. The van der Waals surface area contributed by atoms with Gasteiger partial charge in [0.05, 0.1) is 0 Å². The molecule has 0 amide bonds. The third-order valence-corrected chi connectivity index (χ3v) is 3.24. The van der Waals surface area contributed by atoms with Crippen LogP contribution in [0.2, 0.25) is 0 Å². The van der Waals surface area contributed by atoms with Crippen molar-refractivity contribution in [3.05, 3.63) is 54.2 Å². The van der Waals surface area contributed by atoms with Gasteiger partial charge in [-0.1, -0.05) is 36.0 Å². The molecule has 1 N–H and O–H groups in total. The van der Waals surface area contributed by atoms with Crippen LogP contribution in [-0.2, 0) is 6.54 Å². The molecule has 0 saturated carbocycles. The number of rotatable bonds is 4. The minimum atomic E-state index is 0.850. The van der Waals surface area contributed by atoms with Gasteiger partial charge in [-0.15, -0.1) is 0 Å². The van der Waals surface area contributed by atoms with Gasteiger partial charge in [0, 0.05) is 17.6 Å². The lowest BCUT2D eigenvalue weighted by molar-refractivity contribution is 0.790. The summed E-state index contributed by atoms with van der Waals surface area (Å²) < 4.78 is 0. The maximum atomic E-state index is 4.42. The molecule has 0 radical (unpaired) electrons. The van der Waals surface area contributed by atoms with Gasteiger partial charge in [-0.2, -0.15) is 0 Å². The average Bonchev–Trinajstić information content (AvgIpc) is 2.33. The van der Waals surface area contributed by atoms with E-state index in [1.54, 1.807) is 11.8 Å². The summed E-state index contributed by atoms with van der Waals surface area (Å²) >= 11 is 1.70. The minimum absolute atomic E-state index is 0.850. The summed E-state index contributed by atoms with van der Waals surface area (Å²) in [5, 5.41) is 4.23. The zero-order valence-electron chi connectivity index (χ0n) is 9.18. The maximum absolute atomic E-state index is 4.42. The molecule has 0 aliphatic carbocycles. The molecule has 1 heterocycles. The first-order valence-electron chi connectivity index (χ1n) is 5.21. The molecule has 0 saturated heterocycles. The fourth-order valence-corrected chi connectivity index (χ4v) is 2.34. The minimum Gasteiger partial charge on any atom is -0.316 e. The Kier molecular flexibility index (Phi) is 3.97. The Balaban J connectivity index is 2.21. The van der Waals surface area contributed by atoms with Crippen molar-refractivity contribution in [3.8, 4) is 0 Å². The van der Waals surface area contributed by atoms with Gasteiger partial charge in [0.15, 0.2) is 0 Å². The van der Waals surface area contributed by atoms with Crippen molar-refractivity contribution in [3.63, 3.8) is 0 Å². The van der Waals surface area contributed by atoms with Crippen LogP contribution in [0.15, 0.2) is 58.6 Å². The van der Waals surface area contributed by atoms with Crippen molar-refractivity contribution in [1.29, 1.82) is 0 Å². The third-order valence-electron chi connectivity index (χ3n) is 2.17. The lowest BCUT2D eigenvalue weighted by Gasteiger charge is -2.06. The van der Waals surface area contributed by atoms with Crippen LogP contribution in [0.5, 0.6) is 0 Å². The van der Waals surface area contributed by atoms with E-state index in [4.69, 9.17) is 0 Å². The number of nitrogens with zero attached hydrogens (tertiary/aromatic N) is 1. The number of benzene rings is 1. The van der Waals surface area contributed by atoms with Crippen LogP contribution < -0.4 is 5.32 Å². The molecular formula is C13H14N2S. The molecule has 1 aromatic heterocycles. The molecule has 3 heteroatoms. The van der Waals surface area contributed by atoms with Crippen molar-refractivity contribution in [2.75, 3.05) is 7.05 Å². The fraction of sp³-hybridized carbons (Fsp3) is 0.154. The van der Waals surface area contributed by atoms with Crippen LogP contribution in [0.25, 0.3) is 0 Å². The predicted octanol–water partition coefficient (Wildman–Crippen LogP) is 2.95. The molecule has 1 aromatic carbocycles. The van der Waals surface area contributed by atoms with E-state index in [2.05, 4.69) is 28.5 Å². The zero-order chi connectivity index (χ0) is 11.2. The Morgan fingerprint density at radius 1 is 1.12 bits per heavy atom. The molecule has 2 rings (SSSR count). The van der Waals surface area contributed by atoms with Crippen molar-refractivity contribution in [1.82, 2.24) is 10.3 Å². The molecule has 0 atom stereocenters. The third kappa shape index (κ3) is 2.84. The molecule has 82 valence electrons. The van der Waals surface area contributed by atoms with E-state index < -0.39 is 0 Å². The number of aromatic nitrogens is 1. The molecule has 2 aromatic rings. The number of nitrogens with one attached hydrogen (secondary N) is 1. The predicted molar refractivity (Wildman–Crippen MR) is 67.6 cm³/mol. The second kappa shape index (κ2) is 5.68. The summed E-state index contributed by atoms with van der Waals surface area (Å²) in [6.07, 6.45) is 1.84. The molecule has 0 unspecified atom stereocenters. The lowest BCUT2D eigenvalue weighted by Crippen LogP contribution is -2.06. The summed E-state index contributed by atoms with van der Waals surface area (Å²) in [6.45, 7) is 0.850. The molecule has 0 aliphatic heterocycles. The van der Waals surface area contributed by atoms with Gasteiger partial charge in [-0.05, 0) is 30.8 Å². The molecular weight excluding hydrogens is 216 g/mol. The first-order valence-corrected chi connectivity index (χ1v) is 6.03. The van der Waals surface area contributed by atoms with E-state index in [1.807, 2.05) is 37.5 Å². The highest BCUT2D eigenvalue weighted by Gasteiger charge is 2.03. The summed E-state index contributed by atoms with van der Waals surface area (Å²) in [7, 11) is 1.95.